The second-order valence-corrected chi connectivity index (χ2v) is 6.42. The summed E-state index contributed by atoms with van der Waals surface area (Å²) >= 11 is 0. The molecule has 0 saturated heterocycles. The van der Waals surface area contributed by atoms with E-state index in [1.165, 1.54) is 13.4 Å². The van der Waals surface area contributed by atoms with Crippen LogP contribution in [0.1, 0.15) is 47.3 Å². The van der Waals surface area contributed by atoms with Gasteiger partial charge < -0.3 is 19.7 Å². The topological polar surface area (TPSA) is 76.0 Å². The lowest BCUT2D eigenvalue weighted by Gasteiger charge is -2.17. The van der Waals surface area contributed by atoms with E-state index in [0.717, 1.165) is 22.3 Å². The van der Waals surface area contributed by atoms with Crippen LogP contribution in [-0.4, -0.2) is 23.3 Å². The Balaban J connectivity index is 2.29. The minimum Gasteiger partial charge on any atom is -0.503 e. The van der Waals surface area contributed by atoms with Crippen molar-refractivity contribution >= 4 is 11.5 Å². The van der Waals surface area contributed by atoms with Crippen molar-refractivity contribution in [1.29, 1.82) is 0 Å². The van der Waals surface area contributed by atoms with Crippen molar-refractivity contribution in [2.45, 2.75) is 39.9 Å². The van der Waals surface area contributed by atoms with Gasteiger partial charge in [-0.05, 0) is 60.2 Å². The van der Waals surface area contributed by atoms with Gasteiger partial charge in [-0.3, -0.25) is 0 Å². The summed E-state index contributed by atoms with van der Waals surface area (Å²) < 4.78 is 10.9. The van der Waals surface area contributed by atoms with Gasteiger partial charge in [-0.15, -0.1) is 0 Å². The maximum atomic E-state index is 11.5. The number of aliphatic hydroxyl groups excluding tert-OH is 1. The van der Waals surface area contributed by atoms with Crippen molar-refractivity contribution in [3.8, 4) is 5.75 Å². The highest BCUT2D eigenvalue weighted by Crippen LogP contribution is 2.29. The van der Waals surface area contributed by atoms with Crippen molar-refractivity contribution in [2.24, 2.45) is 0 Å². The van der Waals surface area contributed by atoms with Gasteiger partial charge in [-0.2, -0.15) is 0 Å². The van der Waals surface area contributed by atoms with Crippen molar-refractivity contribution in [1.82, 2.24) is 0 Å². The molecule has 0 radical (unpaired) electrons. The number of aliphatic carboxylic acids is 1. The van der Waals surface area contributed by atoms with Crippen LogP contribution in [0.5, 0.6) is 5.75 Å². The SMILES string of the molecule is CCC(O)c1cc(C)c(OCc2ccccc2/C(=C\OC)C(=O)O)cc1C. The van der Waals surface area contributed by atoms with Crippen LogP contribution in [0.25, 0.3) is 5.57 Å². The number of rotatable bonds is 8. The molecule has 0 amide bonds. The maximum absolute atomic E-state index is 11.5. The van der Waals surface area contributed by atoms with E-state index < -0.39 is 12.1 Å². The molecule has 5 nitrogen and oxygen atoms in total. The molecule has 1 atom stereocenters. The number of carboxylic acid groups (broad SMARTS) is 1. The quantitative estimate of drug-likeness (QED) is 0.532. The van der Waals surface area contributed by atoms with Gasteiger partial charge in [0.1, 0.15) is 17.9 Å². The van der Waals surface area contributed by atoms with Crippen molar-refractivity contribution < 1.29 is 24.5 Å². The number of benzene rings is 2. The van der Waals surface area contributed by atoms with Gasteiger partial charge in [-0.1, -0.05) is 31.2 Å². The molecule has 0 aromatic heterocycles. The molecule has 27 heavy (non-hydrogen) atoms. The highest BCUT2D eigenvalue weighted by Gasteiger charge is 2.16. The zero-order chi connectivity index (χ0) is 20.0. The number of hydrogen-bond acceptors (Lipinski definition) is 4. The summed E-state index contributed by atoms with van der Waals surface area (Å²) in [5.74, 6) is -0.351. The standard InChI is InChI=1S/C22H26O5/c1-5-20(23)18-10-15(3)21(11-14(18)2)27-12-16-8-6-7-9-17(16)19(13-26-4)22(24)25/h6-11,13,20,23H,5,12H2,1-4H3,(H,24,25)/b19-13+. The third-order valence-electron chi connectivity index (χ3n) is 4.47. The lowest BCUT2D eigenvalue weighted by atomic mass is 9.98. The zero-order valence-electron chi connectivity index (χ0n) is 16.2. The van der Waals surface area contributed by atoms with E-state index in [1.54, 1.807) is 12.1 Å². The molecule has 0 aliphatic carbocycles. The van der Waals surface area contributed by atoms with Gasteiger partial charge in [0.25, 0.3) is 0 Å². The van der Waals surface area contributed by atoms with Gasteiger partial charge in [-0.25, -0.2) is 4.79 Å². The first-order valence-electron chi connectivity index (χ1n) is 8.85. The van der Waals surface area contributed by atoms with Crippen LogP contribution in [0.2, 0.25) is 0 Å². The Morgan fingerprint density at radius 1 is 1.19 bits per heavy atom. The summed E-state index contributed by atoms with van der Waals surface area (Å²) in [6.45, 7) is 6.03. The predicted molar refractivity (Wildman–Crippen MR) is 105 cm³/mol. The Kier molecular flexibility index (Phi) is 7.02. The van der Waals surface area contributed by atoms with Gasteiger partial charge in [0.05, 0.1) is 19.5 Å². The van der Waals surface area contributed by atoms with E-state index >= 15 is 0 Å². The lowest BCUT2D eigenvalue weighted by Crippen LogP contribution is -2.07. The molecule has 2 N–H and O–H groups in total. The summed E-state index contributed by atoms with van der Waals surface area (Å²) in [5, 5.41) is 19.6. The lowest BCUT2D eigenvalue weighted by molar-refractivity contribution is -0.130. The minimum absolute atomic E-state index is 0.0750. The van der Waals surface area contributed by atoms with Crippen LogP contribution in [-0.2, 0) is 16.1 Å². The highest BCUT2D eigenvalue weighted by molar-refractivity contribution is 6.15. The second kappa shape index (κ2) is 9.24. The molecule has 0 aliphatic heterocycles. The smallest absolute Gasteiger partial charge is 0.339 e. The number of carbonyl (C=O) groups is 1. The molecule has 0 aliphatic rings. The molecule has 2 rings (SSSR count). The summed E-state index contributed by atoms with van der Waals surface area (Å²) in [6.07, 6.45) is 1.38. The summed E-state index contributed by atoms with van der Waals surface area (Å²) in [5.41, 5.74) is 4.16. The molecule has 2 aromatic carbocycles. The Morgan fingerprint density at radius 3 is 2.52 bits per heavy atom. The molecular formula is C22H26O5. The summed E-state index contributed by atoms with van der Waals surface area (Å²) in [4.78, 5) is 11.5. The monoisotopic (exact) mass is 370 g/mol. The minimum atomic E-state index is -1.06. The van der Waals surface area contributed by atoms with E-state index in [1.807, 2.05) is 45.0 Å². The normalized spacial score (nSPS) is 12.6. The van der Waals surface area contributed by atoms with Gasteiger partial charge in [0.15, 0.2) is 0 Å². The van der Waals surface area contributed by atoms with Gasteiger partial charge in [0.2, 0.25) is 0 Å². The van der Waals surface area contributed by atoms with Crippen LogP contribution < -0.4 is 4.74 Å². The molecule has 144 valence electrons. The first-order chi connectivity index (χ1) is 12.9. The van der Waals surface area contributed by atoms with Crippen molar-refractivity contribution in [3.63, 3.8) is 0 Å². The first kappa shape index (κ1) is 20.5. The average Bonchev–Trinajstić information content (AvgIpc) is 2.66. The van der Waals surface area contributed by atoms with Crippen LogP contribution >= 0.6 is 0 Å². The summed E-state index contributed by atoms with van der Waals surface area (Å²) in [6, 6.07) is 11.0. The number of methoxy groups -OCH3 is 1. The predicted octanol–water partition coefficient (Wildman–Crippen LogP) is 4.40. The number of aliphatic hydroxyl groups is 1. The van der Waals surface area contributed by atoms with Gasteiger partial charge in [0, 0.05) is 0 Å². The molecule has 1 unspecified atom stereocenters. The zero-order valence-corrected chi connectivity index (χ0v) is 16.2. The van der Waals surface area contributed by atoms with Crippen LogP contribution in [0.4, 0.5) is 0 Å². The number of aryl methyl sites for hydroxylation is 2. The Morgan fingerprint density at radius 2 is 1.89 bits per heavy atom. The van der Waals surface area contributed by atoms with E-state index in [-0.39, 0.29) is 12.2 Å². The molecule has 2 aromatic rings. The van der Waals surface area contributed by atoms with Crippen LogP contribution in [0, 0.1) is 13.8 Å². The molecule has 0 fully saturated rings. The third-order valence-corrected chi connectivity index (χ3v) is 4.47. The number of hydrogen-bond donors (Lipinski definition) is 2. The molecule has 5 heteroatoms. The molecule has 0 spiro atoms. The fourth-order valence-corrected chi connectivity index (χ4v) is 2.96. The number of ether oxygens (including phenoxy) is 2. The van der Waals surface area contributed by atoms with Crippen molar-refractivity contribution in [2.75, 3.05) is 7.11 Å². The molecular weight excluding hydrogens is 344 g/mol. The van der Waals surface area contributed by atoms with Crippen LogP contribution in [0.15, 0.2) is 42.7 Å². The Bertz CT molecular complexity index is 839. The highest BCUT2D eigenvalue weighted by atomic mass is 16.5. The largest absolute Gasteiger partial charge is 0.503 e. The first-order valence-corrected chi connectivity index (χ1v) is 8.85. The number of carboxylic acids is 1. The fraction of sp³-hybridized carbons (Fsp3) is 0.318. The van der Waals surface area contributed by atoms with E-state index in [0.29, 0.717) is 17.7 Å². The average molecular weight is 370 g/mol. The molecule has 0 heterocycles. The van der Waals surface area contributed by atoms with Gasteiger partial charge >= 0.3 is 5.97 Å². The van der Waals surface area contributed by atoms with Crippen LogP contribution in [0.3, 0.4) is 0 Å². The Hall–Kier alpha value is -2.79. The van der Waals surface area contributed by atoms with E-state index in [4.69, 9.17) is 9.47 Å². The molecule has 0 saturated carbocycles. The Labute approximate surface area is 159 Å². The fourth-order valence-electron chi connectivity index (χ4n) is 2.96. The molecule has 0 bridgehead atoms. The van der Waals surface area contributed by atoms with Crippen molar-refractivity contribution in [3.05, 3.63) is 70.5 Å². The maximum Gasteiger partial charge on any atom is 0.339 e. The second-order valence-electron chi connectivity index (χ2n) is 6.42. The summed E-state index contributed by atoms with van der Waals surface area (Å²) in [7, 11) is 1.42. The van der Waals surface area contributed by atoms with E-state index in [9.17, 15) is 15.0 Å². The van der Waals surface area contributed by atoms with E-state index in [2.05, 4.69) is 0 Å². The third kappa shape index (κ3) is 4.89.